The summed E-state index contributed by atoms with van der Waals surface area (Å²) in [5.41, 5.74) is 2.43. The van der Waals surface area contributed by atoms with E-state index in [1.54, 1.807) is 0 Å². The lowest BCUT2D eigenvalue weighted by Crippen LogP contribution is -2.45. The molecule has 0 atom stereocenters. The van der Waals surface area contributed by atoms with Crippen molar-refractivity contribution < 1.29 is 5.11 Å². The SMILES string of the molecule is OCCc1ccc(NC2CCN(C3CCCCC3)CC2)cc1. The predicted molar refractivity (Wildman–Crippen MR) is 92.3 cm³/mol. The van der Waals surface area contributed by atoms with Gasteiger partial charge in [0.15, 0.2) is 0 Å². The Labute approximate surface area is 134 Å². The second kappa shape index (κ2) is 7.98. The molecule has 3 heteroatoms. The number of rotatable bonds is 5. The van der Waals surface area contributed by atoms with Gasteiger partial charge in [-0.15, -0.1) is 0 Å². The van der Waals surface area contributed by atoms with Crippen LogP contribution < -0.4 is 5.32 Å². The minimum absolute atomic E-state index is 0.229. The molecule has 0 spiro atoms. The highest BCUT2D eigenvalue weighted by molar-refractivity contribution is 5.45. The van der Waals surface area contributed by atoms with Crippen LogP contribution in [-0.4, -0.2) is 41.8 Å². The van der Waals surface area contributed by atoms with Crippen molar-refractivity contribution in [1.29, 1.82) is 0 Å². The van der Waals surface area contributed by atoms with Gasteiger partial charge in [-0.2, -0.15) is 0 Å². The molecule has 3 rings (SSSR count). The minimum Gasteiger partial charge on any atom is -0.396 e. The van der Waals surface area contributed by atoms with Gasteiger partial charge in [0.05, 0.1) is 0 Å². The van der Waals surface area contributed by atoms with Crippen molar-refractivity contribution in [3.05, 3.63) is 29.8 Å². The van der Waals surface area contributed by atoms with E-state index in [4.69, 9.17) is 5.11 Å². The maximum atomic E-state index is 8.96. The molecule has 2 aliphatic rings. The Morgan fingerprint density at radius 3 is 2.27 bits per heavy atom. The van der Waals surface area contributed by atoms with Gasteiger partial charge in [0.25, 0.3) is 0 Å². The molecule has 0 bridgehead atoms. The van der Waals surface area contributed by atoms with E-state index in [9.17, 15) is 0 Å². The molecule has 2 N–H and O–H groups in total. The molecular weight excluding hydrogens is 272 g/mol. The van der Waals surface area contributed by atoms with Gasteiger partial charge in [0.2, 0.25) is 0 Å². The summed E-state index contributed by atoms with van der Waals surface area (Å²) >= 11 is 0. The van der Waals surface area contributed by atoms with Gasteiger partial charge >= 0.3 is 0 Å². The molecule has 1 aromatic carbocycles. The van der Waals surface area contributed by atoms with Gasteiger partial charge in [-0.1, -0.05) is 31.4 Å². The van der Waals surface area contributed by atoms with E-state index in [2.05, 4.69) is 34.5 Å². The Hall–Kier alpha value is -1.06. The van der Waals surface area contributed by atoms with Crippen LogP contribution >= 0.6 is 0 Å². The number of benzene rings is 1. The van der Waals surface area contributed by atoms with Crippen LogP contribution in [0.15, 0.2) is 24.3 Å². The monoisotopic (exact) mass is 302 g/mol. The van der Waals surface area contributed by atoms with Gasteiger partial charge < -0.3 is 15.3 Å². The topological polar surface area (TPSA) is 35.5 Å². The summed E-state index contributed by atoms with van der Waals surface area (Å²) in [6, 6.07) is 10.0. The summed E-state index contributed by atoms with van der Waals surface area (Å²) < 4.78 is 0. The van der Waals surface area contributed by atoms with E-state index < -0.39 is 0 Å². The second-order valence-corrected chi connectivity index (χ2v) is 6.92. The van der Waals surface area contributed by atoms with E-state index in [0.29, 0.717) is 6.04 Å². The first-order chi connectivity index (χ1) is 10.8. The summed E-state index contributed by atoms with van der Waals surface area (Å²) in [5.74, 6) is 0. The number of likely N-dealkylation sites (tertiary alicyclic amines) is 1. The van der Waals surface area contributed by atoms with Gasteiger partial charge in [-0.3, -0.25) is 0 Å². The third kappa shape index (κ3) is 4.23. The number of aliphatic hydroxyl groups is 1. The number of nitrogens with one attached hydrogen (secondary N) is 1. The molecule has 22 heavy (non-hydrogen) atoms. The zero-order valence-electron chi connectivity index (χ0n) is 13.6. The first-order valence-corrected chi connectivity index (χ1v) is 9.05. The van der Waals surface area contributed by atoms with Gasteiger partial charge in [0, 0.05) is 37.5 Å². The van der Waals surface area contributed by atoms with E-state index >= 15 is 0 Å². The number of nitrogens with zero attached hydrogens (tertiary/aromatic N) is 1. The molecule has 3 nitrogen and oxygen atoms in total. The summed E-state index contributed by atoms with van der Waals surface area (Å²) in [6.45, 7) is 2.74. The maximum absolute atomic E-state index is 8.96. The van der Waals surface area contributed by atoms with Crippen LogP contribution in [0.5, 0.6) is 0 Å². The molecule has 1 aromatic rings. The molecule has 1 heterocycles. The summed E-state index contributed by atoms with van der Waals surface area (Å²) in [5, 5.41) is 12.6. The second-order valence-electron chi connectivity index (χ2n) is 6.92. The minimum atomic E-state index is 0.229. The highest BCUT2D eigenvalue weighted by Crippen LogP contribution is 2.26. The molecule has 122 valence electrons. The lowest BCUT2D eigenvalue weighted by atomic mass is 9.92. The molecule has 0 unspecified atom stereocenters. The Morgan fingerprint density at radius 1 is 0.955 bits per heavy atom. The Bertz CT molecular complexity index is 431. The molecular formula is C19H30N2O. The maximum Gasteiger partial charge on any atom is 0.0471 e. The number of aliphatic hydroxyl groups excluding tert-OH is 1. The van der Waals surface area contributed by atoms with Crippen LogP contribution in [0.2, 0.25) is 0 Å². The van der Waals surface area contributed by atoms with E-state index in [1.165, 1.54) is 69.3 Å². The van der Waals surface area contributed by atoms with Crippen molar-refractivity contribution in [1.82, 2.24) is 4.90 Å². The fourth-order valence-electron chi connectivity index (χ4n) is 3.99. The molecule has 2 fully saturated rings. The third-order valence-electron chi connectivity index (χ3n) is 5.35. The van der Waals surface area contributed by atoms with Crippen LogP contribution in [0.4, 0.5) is 5.69 Å². The average Bonchev–Trinajstić information content (AvgIpc) is 2.58. The molecule has 0 radical (unpaired) electrons. The van der Waals surface area contributed by atoms with Crippen LogP contribution in [0.25, 0.3) is 0 Å². The largest absolute Gasteiger partial charge is 0.396 e. The standard InChI is InChI=1S/C19H30N2O/c22-15-12-16-6-8-17(9-7-16)20-18-10-13-21(14-11-18)19-4-2-1-3-5-19/h6-9,18-20,22H,1-5,10-15H2. The van der Waals surface area contributed by atoms with Gasteiger partial charge in [-0.05, 0) is 49.8 Å². The van der Waals surface area contributed by atoms with E-state index in [-0.39, 0.29) is 6.61 Å². The van der Waals surface area contributed by atoms with Crippen molar-refractivity contribution in [2.45, 2.75) is 63.5 Å². The van der Waals surface area contributed by atoms with Crippen molar-refractivity contribution in [3.63, 3.8) is 0 Å². The summed E-state index contributed by atoms with van der Waals surface area (Å²) in [7, 11) is 0. The molecule has 1 aliphatic carbocycles. The molecule has 1 aliphatic heterocycles. The van der Waals surface area contributed by atoms with Crippen molar-refractivity contribution >= 4 is 5.69 Å². The number of piperidine rings is 1. The molecule has 1 saturated carbocycles. The Morgan fingerprint density at radius 2 is 1.64 bits per heavy atom. The van der Waals surface area contributed by atoms with Crippen molar-refractivity contribution in [2.75, 3.05) is 25.0 Å². The van der Waals surface area contributed by atoms with E-state index in [0.717, 1.165) is 12.5 Å². The first kappa shape index (κ1) is 15.8. The van der Waals surface area contributed by atoms with Crippen LogP contribution in [-0.2, 0) is 6.42 Å². The van der Waals surface area contributed by atoms with Crippen LogP contribution in [0.3, 0.4) is 0 Å². The molecule has 0 amide bonds. The van der Waals surface area contributed by atoms with Gasteiger partial charge in [-0.25, -0.2) is 0 Å². The quantitative estimate of drug-likeness (QED) is 0.874. The fourth-order valence-corrected chi connectivity index (χ4v) is 3.99. The zero-order chi connectivity index (χ0) is 15.2. The molecule has 1 saturated heterocycles. The van der Waals surface area contributed by atoms with E-state index in [1.807, 2.05) is 0 Å². The van der Waals surface area contributed by atoms with Crippen molar-refractivity contribution in [3.8, 4) is 0 Å². The third-order valence-corrected chi connectivity index (χ3v) is 5.35. The van der Waals surface area contributed by atoms with Crippen molar-refractivity contribution in [2.24, 2.45) is 0 Å². The lowest BCUT2D eigenvalue weighted by molar-refractivity contribution is 0.126. The molecule has 0 aromatic heterocycles. The number of anilines is 1. The first-order valence-electron chi connectivity index (χ1n) is 9.05. The van der Waals surface area contributed by atoms with Crippen LogP contribution in [0.1, 0.15) is 50.5 Å². The average molecular weight is 302 g/mol. The normalized spacial score (nSPS) is 21.9. The predicted octanol–water partition coefficient (Wildman–Crippen LogP) is 3.43. The Kier molecular flexibility index (Phi) is 5.74. The highest BCUT2D eigenvalue weighted by Gasteiger charge is 2.25. The summed E-state index contributed by atoms with van der Waals surface area (Å²) in [4.78, 5) is 2.74. The van der Waals surface area contributed by atoms with Gasteiger partial charge in [0.1, 0.15) is 0 Å². The Balaban J connectivity index is 1.45. The lowest BCUT2D eigenvalue weighted by Gasteiger charge is -2.39. The van der Waals surface area contributed by atoms with Crippen LogP contribution in [0, 0.1) is 0 Å². The number of hydrogen-bond donors (Lipinski definition) is 2. The highest BCUT2D eigenvalue weighted by atomic mass is 16.2. The number of hydrogen-bond acceptors (Lipinski definition) is 3. The fraction of sp³-hybridized carbons (Fsp3) is 0.684. The zero-order valence-corrected chi connectivity index (χ0v) is 13.6. The smallest absolute Gasteiger partial charge is 0.0471 e. The summed E-state index contributed by atoms with van der Waals surface area (Å²) in [6.07, 6.45) is 10.4.